The molecule has 1 fully saturated rings. The number of hydrogen-bond acceptors (Lipinski definition) is 4. The number of nitrogens with one attached hydrogen (secondary N) is 1. The van der Waals surface area contributed by atoms with E-state index in [-0.39, 0.29) is 0 Å². The molecule has 0 aromatic carbocycles. The van der Waals surface area contributed by atoms with Crippen LogP contribution in [-0.4, -0.2) is 16.9 Å². The number of rotatable bonds is 4. The molecule has 0 spiro atoms. The second-order valence-electron chi connectivity index (χ2n) is 5.96. The molecule has 2 rings (SSSR count). The van der Waals surface area contributed by atoms with E-state index in [2.05, 4.69) is 17.4 Å². The van der Waals surface area contributed by atoms with E-state index < -0.39 is 11.7 Å². The predicted molar refractivity (Wildman–Crippen MR) is 70.9 cm³/mol. The van der Waals surface area contributed by atoms with Crippen molar-refractivity contribution < 1.29 is 14.1 Å². The third-order valence-corrected chi connectivity index (χ3v) is 3.00. The highest BCUT2D eigenvalue weighted by Crippen LogP contribution is 2.42. The van der Waals surface area contributed by atoms with Gasteiger partial charge in [-0.15, -0.1) is 0 Å². The monoisotopic (exact) mass is 266 g/mol. The third-order valence-electron chi connectivity index (χ3n) is 3.00. The van der Waals surface area contributed by atoms with E-state index in [1.54, 1.807) is 0 Å². The number of aromatic nitrogens is 1. The molecule has 0 saturated heterocycles. The van der Waals surface area contributed by atoms with E-state index in [0.29, 0.717) is 12.5 Å². The molecule has 0 atom stereocenters. The van der Waals surface area contributed by atoms with Crippen LogP contribution in [0.2, 0.25) is 0 Å². The Kier molecular flexibility index (Phi) is 3.83. The van der Waals surface area contributed by atoms with Crippen molar-refractivity contribution in [2.24, 2.45) is 0 Å². The van der Waals surface area contributed by atoms with Crippen LogP contribution in [0.3, 0.4) is 0 Å². The van der Waals surface area contributed by atoms with Gasteiger partial charge in [0.05, 0.1) is 6.54 Å². The molecule has 1 aromatic heterocycles. The number of hydrogen-bond donors (Lipinski definition) is 1. The highest BCUT2D eigenvalue weighted by molar-refractivity contribution is 5.67. The Bertz CT molecular complexity index is 456. The first kappa shape index (κ1) is 13.9. The molecule has 1 N–H and O–H groups in total. The maximum atomic E-state index is 11.6. The van der Waals surface area contributed by atoms with Crippen LogP contribution in [0.1, 0.15) is 63.5 Å². The summed E-state index contributed by atoms with van der Waals surface area (Å²) in [6, 6.07) is 0. The van der Waals surface area contributed by atoms with Gasteiger partial charge >= 0.3 is 6.09 Å². The van der Waals surface area contributed by atoms with E-state index in [1.807, 2.05) is 20.8 Å². The van der Waals surface area contributed by atoms with E-state index in [9.17, 15) is 4.79 Å². The topological polar surface area (TPSA) is 64.4 Å². The van der Waals surface area contributed by atoms with Gasteiger partial charge in [-0.2, -0.15) is 0 Å². The first-order valence-corrected chi connectivity index (χ1v) is 6.85. The molecule has 1 amide bonds. The zero-order valence-corrected chi connectivity index (χ0v) is 12.1. The minimum Gasteiger partial charge on any atom is -0.444 e. The van der Waals surface area contributed by atoms with Crippen molar-refractivity contribution in [3.8, 4) is 0 Å². The van der Waals surface area contributed by atoms with Crippen LogP contribution in [0, 0.1) is 0 Å². The number of carbonyl (C=O) groups excluding carboxylic acids is 1. The number of amides is 1. The van der Waals surface area contributed by atoms with Gasteiger partial charge in [0.15, 0.2) is 0 Å². The molecule has 0 aliphatic heterocycles. The molecular weight excluding hydrogens is 244 g/mol. The van der Waals surface area contributed by atoms with Crippen LogP contribution >= 0.6 is 0 Å². The van der Waals surface area contributed by atoms with E-state index in [1.165, 1.54) is 12.8 Å². The van der Waals surface area contributed by atoms with Gasteiger partial charge in [-0.05, 0) is 40.0 Å². The van der Waals surface area contributed by atoms with Gasteiger partial charge in [0.2, 0.25) is 0 Å². The fourth-order valence-corrected chi connectivity index (χ4v) is 2.01. The Labute approximate surface area is 113 Å². The molecule has 106 valence electrons. The second-order valence-corrected chi connectivity index (χ2v) is 5.96. The van der Waals surface area contributed by atoms with Gasteiger partial charge in [-0.3, -0.25) is 0 Å². The van der Waals surface area contributed by atoms with Crippen molar-refractivity contribution in [3.05, 3.63) is 17.0 Å². The van der Waals surface area contributed by atoms with Gasteiger partial charge in [-0.1, -0.05) is 12.1 Å². The zero-order valence-electron chi connectivity index (χ0n) is 12.1. The Morgan fingerprint density at radius 2 is 2.16 bits per heavy atom. The first-order chi connectivity index (χ1) is 8.90. The van der Waals surface area contributed by atoms with Crippen molar-refractivity contribution in [2.45, 2.75) is 65.0 Å². The van der Waals surface area contributed by atoms with Crippen molar-refractivity contribution in [1.82, 2.24) is 10.5 Å². The van der Waals surface area contributed by atoms with E-state index >= 15 is 0 Å². The lowest BCUT2D eigenvalue weighted by Gasteiger charge is -2.19. The summed E-state index contributed by atoms with van der Waals surface area (Å²) in [5.74, 6) is 1.54. The molecule has 1 heterocycles. The maximum Gasteiger partial charge on any atom is 0.407 e. The first-order valence-electron chi connectivity index (χ1n) is 6.85. The maximum absolute atomic E-state index is 11.6. The summed E-state index contributed by atoms with van der Waals surface area (Å²) in [4.78, 5) is 11.6. The lowest BCUT2D eigenvalue weighted by Crippen LogP contribution is -2.32. The second kappa shape index (κ2) is 5.23. The van der Waals surface area contributed by atoms with Crippen LogP contribution in [0.15, 0.2) is 4.52 Å². The molecule has 1 saturated carbocycles. The van der Waals surface area contributed by atoms with Crippen LogP contribution in [0.4, 0.5) is 4.79 Å². The summed E-state index contributed by atoms with van der Waals surface area (Å²) in [5, 5.41) is 6.79. The normalized spacial score (nSPS) is 15.4. The molecule has 5 nitrogen and oxygen atoms in total. The van der Waals surface area contributed by atoms with E-state index in [0.717, 1.165) is 23.4 Å². The predicted octanol–water partition coefficient (Wildman–Crippen LogP) is 3.14. The highest BCUT2D eigenvalue weighted by atomic mass is 16.6. The van der Waals surface area contributed by atoms with Gasteiger partial charge in [-0.25, -0.2) is 4.79 Å². The molecule has 19 heavy (non-hydrogen) atoms. The smallest absolute Gasteiger partial charge is 0.407 e. The minimum absolute atomic E-state index is 0.355. The molecule has 1 aliphatic rings. The van der Waals surface area contributed by atoms with E-state index in [4.69, 9.17) is 9.26 Å². The lowest BCUT2D eigenvalue weighted by molar-refractivity contribution is 0.0522. The standard InChI is InChI=1S/C14H22N2O3/c1-5-10-11(16-19-12(10)9-6-7-9)8-15-13(17)18-14(2,3)4/h9H,5-8H2,1-4H3,(H,15,17). The summed E-state index contributed by atoms with van der Waals surface area (Å²) in [7, 11) is 0. The number of alkyl carbamates (subject to hydrolysis) is 1. The number of carbonyl (C=O) groups is 1. The summed E-state index contributed by atoms with van der Waals surface area (Å²) < 4.78 is 10.6. The Morgan fingerprint density at radius 3 is 2.68 bits per heavy atom. The summed E-state index contributed by atoms with van der Waals surface area (Å²) >= 11 is 0. The molecule has 0 unspecified atom stereocenters. The lowest BCUT2D eigenvalue weighted by atomic mass is 10.1. The summed E-state index contributed by atoms with van der Waals surface area (Å²) in [6.07, 6.45) is 2.81. The van der Waals surface area contributed by atoms with Crippen LogP contribution < -0.4 is 5.32 Å². The quantitative estimate of drug-likeness (QED) is 0.909. The molecular formula is C14H22N2O3. The number of nitrogens with zero attached hydrogens (tertiary/aromatic N) is 1. The molecule has 1 aromatic rings. The SMILES string of the molecule is CCc1c(CNC(=O)OC(C)(C)C)noc1C1CC1. The van der Waals surface area contributed by atoms with Crippen LogP contribution in [0.5, 0.6) is 0 Å². The Morgan fingerprint density at radius 1 is 1.47 bits per heavy atom. The van der Waals surface area contributed by atoms with Crippen LogP contribution in [-0.2, 0) is 17.7 Å². The molecule has 5 heteroatoms. The Hall–Kier alpha value is -1.52. The van der Waals surface area contributed by atoms with Crippen molar-refractivity contribution in [1.29, 1.82) is 0 Å². The summed E-state index contributed by atoms with van der Waals surface area (Å²) in [5.41, 5.74) is 1.47. The van der Waals surface area contributed by atoms with Gasteiger partial charge in [0.1, 0.15) is 17.1 Å². The number of ether oxygens (including phenoxy) is 1. The van der Waals surface area contributed by atoms with Crippen molar-refractivity contribution in [2.75, 3.05) is 0 Å². The molecule has 0 radical (unpaired) electrons. The average molecular weight is 266 g/mol. The fraction of sp³-hybridized carbons (Fsp3) is 0.714. The highest BCUT2D eigenvalue weighted by Gasteiger charge is 2.31. The Balaban J connectivity index is 1.94. The zero-order chi connectivity index (χ0) is 14.0. The average Bonchev–Trinajstić information content (AvgIpc) is 3.05. The minimum atomic E-state index is -0.485. The van der Waals surface area contributed by atoms with Crippen molar-refractivity contribution in [3.63, 3.8) is 0 Å². The largest absolute Gasteiger partial charge is 0.444 e. The van der Waals surface area contributed by atoms with Crippen molar-refractivity contribution >= 4 is 6.09 Å². The van der Waals surface area contributed by atoms with Gasteiger partial charge < -0.3 is 14.6 Å². The molecule has 1 aliphatic carbocycles. The van der Waals surface area contributed by atoms with Gasteiger partial charge in [0, 0.05) is 11.5 Å². The summed E-state index contributed by atoms with van der Waals surface area (Å²) in [6.45, 7) is 7.95. The van der Waals surface area contributed by atoms with Crippen LogP contribution in [0.25, 0.3) is 0 Å². The third kappa shape index (κ3) is 3.72. The fourth-order valence-electron chi connectivity index (χ4n) is 2.01. The van der Waals surface area contributed by atoms with Gasteiger partial charge in [0.25, 0.3) is 0 Å². The molecule has 0 bridgehead atoms.